The molecule has 0 spiro atoms. The van der Waals surface area contributed by atoms with Crippen LogP contribution in [0.2, 0.25) is 5.02 Å². The van der Waals surface area contributed by atoms with Gasteiger partial charge in [0.05, 0.1) is 0 Å². The van der Waals surface area contributed by atoms with Crippen LogP contribution in [-0.4, -0.2) is 0 Å². The molecule has 100 valence electrons. The minimum absolute atomic E-state index is 0.144. The van der Waals surface area contributed by atoms with Crippen molar-refractivity contribution in [2.24, 2.45) is 11.7 Å². The molecule has 1 aromatic carbocycles. The third kappa shape index (κ3) is 3.73. The minimum atomic E-state index is 0.144. The Balaban J connectivity index is 1.90. The van der Waals surface area contributed by atoms with Crippen LogP contribution in [0.3, 0.4) is 0 Å². The van der Waals surface area contributed by atoms with Gasteiger partial charge in [-0.3, -0.25) is 0 Å². The van der Waals surface area contributed by atoms with E-state index in [0.717, 1.165) is 17.4 Å². The highest BCUT2D eigenvalue weighted by molar-refractivity contribution is 6.30. The van der Waals surface area contributed by atoms with Gasteiger partial charge in [-0.1, -0.05) is 49.8 Å². The molecule has 0 aliphatic heterocycles. The molecule has 1 atom stereocenters. The highest BCUT2D eigenvalue weighted by Gasteiger charge is 2.16. The maximum absolute atomic E-state index is 6.32. The van der Waals surface area contributed by atoms with Crippen molar-refractivity contribution in [3.05, 3.63) is 34.3 Å². The highest BCUT2D eigenvalue weighted by Crippen LogP contribution is 2.30. The lowest BCUT2D eigenvalue weighted by molar-refractivity contribution is 0.324. The van der Waals surface area contributed by atoms with Crippen molar-refractivity contribution >= 4 is 11.6 Å². The lowest BCUT2D eigenvalue weighted by Gasteiger charge is -2.23. The van der Waals surface area contributed by atoms with Crippen molar-refractivity contribution < 1.29 is 0 Å². The second kappa shape index (κ2) is 6.58. The molecule has 1 nitrogen and oxygen atoms in total. The Bertz CT molecular complexity index is 383. The van der Waals surface area contributed by atoms with E-state index in [1.165, 1.54) is 49.7 Å². The molecule has 2 rings (SSSR count). The van der Waals surface area contributed by atoms with Crippen LogP contribution in [0, 0.1) is 12.8 Å². The standard InChI is InChI=1S/C16H24ClN/c1-12-7-9-14(17)11-15(12)16(18)10-8-13-5-3-2-4-6-13/h7,9,11,13,16H,2-6,8,10,18H2,1H3. The highest BCUT2D eigenvalue weighted by atomic mass is 35.5. The van der Waals surface area contributed by atoms with Gasteiger partial charge in [-0.05, 0) is 48.9 Å². The molecule has 1 unspecified atom stereocenters. The van der Waals surface area contributed by atoms with Gasteiger partial charge in [0.25, 0.3) is 0 Å². The van der Waals surface area contributed by atoms with E-state index in [-0.39, 0.29) is 6.04 Å². The summed E-state index contributed by atoms with van der Waals surface area (Å²) < 4.78 is 0. The van der Waals surface area contributed by atoms with Crippen molar-refractivity contribution in [2.45, 2.75) is 57.9 Å². The summed E-state index contributed by atoms with van der Waals surface area (Å²) in [6.45, 7) is 2.12. The molecule has 1 aliphatic carbocycles. The third-order valence-electron chi connectivity index (χ3n) is 4.25. The first-order valence-corrected chi connectivity index (χ1v) is 7.56. The number of aryl methyl sites for hydroxylation is 1. The Labute approximate surface area is 116 Å². The fourth-order valence-corrected chi connectivity index (χ4v) is 3.24. The second-order valence-electron chi connectivity index (χ2n) is 5.69. The summed E-state index contributed by atoms with van der Waals surface area (Å²) >= 11 is 6.05. The number of benzene rings is 1. The molecule has 0 saturated heterocycles. The van der Waals surface area contributed by atoms with Gasteiger partial charge in [0.2, 0.25) is 0 Å². The first-order valence-electron chi connectivity index (χ1n) is 7.18. The lowest BCUT2D eigenvalue weighted by atomic mass is 9.84. The van der Waals surface area contributed by atoms with Gasteiger partial charge < -0.3 is 5.73 Å². The van der Waals surface area contributed by atoms with E-state index in [2.05, 4.69) is 13.0 Å². The van der Waals surface area contributed by atoms with E-state index < -0.39 is 0 Å². The Morgan fingerprint density at radius 2 is 2.00 bits per heavy atom. The van der Waals surface area contributed by atoms with Gasteiger partial charge in [0.15, 0.2) is 0 Å². The zero-order valence-electron chi connectivity index (χ0n) is 11.3. The fraction of sp³-hybridized carbons (Fsp3) is 0.625. The topological polar surface area (TPSA) is 26.0 Å². The predicted molar refractivity (Wildman–Crippen MR) is 78.9 cm³/mol. The van der Waals surface area contributed by atoms with E-state index in [0.29, 0.717) is 0 Å². The normalized spacial score (nSPS) is 18.8. The SMILES string of the molecule is Cc1ccc(Cl)cc1C(N)CCC1CCCCC1. The Morgan fingerprint density at radius 1 is 1.28 bits per heavy atom. The number of hydrogen-bond acceptors (Lipinski definition) is 1. The van der Waals surface area contributed by atoms with Gasteiger partial charge in [0.1, 0.15) is 0 Å². The van der Waals surface area contributed by atoms with Crippen molar-refractivity contribution in [1.82, 2.24) is 0 Å². The van der Waals surface area contributed by atoms with Gasteiger partial charge in [-0.2, -0.15) is 0 Å². The molecule has 2 N–H and O–H groups in total. The van der Waals surface area contributed by atoms with Crippen LogP contribution in [-0.2, 0) is 0 Å². The van der Waals surface area contributed by atoms with E-state index >= 15 is 0 Å². The smallest absolute Gasteiger partial charge is 0.0409 e. The van der Waals surface area contributed by atoms with E-state index in [1.54, 1.807) is 0 Å². The maximum atomic E-state index is 6.32. The zero-order chi connectivity index (χ0) is 13.0. The third-order valence-corrected chi connectivity index (χ3v) is 4.49. The number of hydrogen-bond donors (Lipinski definition) is 1. The van der Waals surface area contributed by atoms with Gasteiger partial charge >= 0.3 is 0 Å². The van der Waals surface area contributed by atoms with Gasteiger partial charge in [-0.15, -0.1) is 0 Å². The lowest BCUT2D eigenvalue weighted by Crippen LogP contribution is -2.15. The molecule has 0 radical (unpaired) electrons. The van der Waals surface area contributed by atoms with E-state index in [4.69, 9.17) is 17.3 Å². The molecule has 0 amide bonds. The molecule has 1 aromatic rings. The van der Waals surface area contributed by atoms with Gasteiger partial charge in [-0.25, -0.2) is 0 Å². The average Bonchev–Trinajstić information content (AvgIpc) is 2.40. The summed E-state index contributed by atoms with van der Waals surface area (Å²) in [5.74, 6) is 0.907. The van der Waals surface area contributed by atoms with Crippen molar-refractivity contribution in [3.8, 4) is 0 Å². The van der Waals surface area contributed by atoms with Crippen LogP contribution in [0.25, 0.3) is 0 Å². The van der Waals surface area contributed by atoms with E-state index in [1.807, 2.05) is 12.1 Å². The molecular formula is C16H24ClN. The zero-order valence-corrected chi connectivity index (χ0v) is 12.0. The molecule has 18 heavy (non-hydrogen) atoms. The van der Waals surface area contributed by atoms with Crippen LogP contribution >= 0.6 is 11.6 Å². The van der Waals surface area contributed by atoms with Crippen LogP contribution < -0.4 is 5.73 Å². The second-order valence-corrected chi connectivity index (χ2v) is 6.13. The summed E-state index contributed by atoms with van der Waals surface area (Å²) in [7, 11) is 0. The molecule has 1 aliphatic rings. The van der Waals surface area contributed by atoms with Crippen LogP contribution in [0.4, 0.5) is 0 Å². The van der Waals surface area contributed by atoms with Crippen molar-refractivity contribution in [3.63, 3.8) is 0 Å². The first-order chi connectivity index (χ1) is 8.66. The summed E-state index contributed by atoms with van der Waals surface area (Å²) in [4.78, 5) is 0. The summed E-state index contributed by atoms with van der Waals surface area (Å²) in [5.41, 5.74) is 8.80. The molecule has 1 fully saturated rings. The van der Waals surface area contributed by atoms with Crippen LogP contribution in [0.5, 0.6) is 0 Å². The quantitative estimate of drug-likeness (QED) is 0.814. The molecule has 0 bridgehead atoms. The van der Waals surface area contributed by atoms with Crippen molar-refractivity contribution in [1.29, 1.82) is 0 Å². The molecular weight excluding hydrogens is 242 g/mol. The molecule has 0 aromatic heterocycles. The Morgan fingerprint density at radius 3 is 2.72 bits per heavy atom. The summed E-state index contributed by atoms with van der Waals surface area (Å²) in [5, 5.41) is 0.795. The fourth-order valence-electron chi connectivity index (χ4n) is 3.06. The summed E-state index contributed by atoms with van der Waals surface area (Å²) in [6, 6.07) is 6.18. The number of rotatable bonds is 4. The number of nitrogens with two attached hydrogens (primary N) is 1. The Hall–Kier alpha value is -0.530. The molecule has 0 heterocycles. The summed E-state index contributed by atoms with van der Waals surface area (Å²) in [6.07, 6.45) is 9.42. The van der Waals surface area contributed by atoms with Gasteiger partial charge in [0, 0.05) is 11.1 Å². The predicted octanol–water partition coefficient (Wildman–Crippen LogP) is 5.01. The molecule has 2 heteroatoms. The van der Waals surface area contributed by atoms with Crippen LogP contribution in [0.15, 0.2) is 18.2 Å². The Kier molecular flexibility index (Phi) is 5.08. The maximum Gasteiger partial charge on any atom is 0.0409 e. The van der Waals surface area contributed by atoms with Crippen LogP contribution in [0.1, 0.15) is 62.1 Å². The van der Waals surface area contributed by atoms with E-state index in [9.17, 15) is 0 Å². The average molecular weight is 266 g/mol. The number of halogens is 1. The first kappa shape index (κ1) is 13.9. The van der Waals surface area contributed by atoms with Crippen molar-refractivity contribution in [2.75, 3.05) is 0 Å². The minimum Gasteiger partial charge on any atom is -0.324 e. The monoisotopic (exact) mass is 265 g/mol. The largest absolute Gasteiger partial charge is 0.324 e. The molecule has 1 saturated carbocycles.